The van der Waals surface area contributed by atoms with Gasteiger partial charge in [0.1, 0.15) is 0 Å². The lowest BCUT2D eigenvalue weighted by Crippen LogP contribution is -2.64. The summed E-state index contributed by atoms with van der Waals surface area (Å²) in [5, 5.41) is 13.3. The highest BCUT2D eigenvalue weighted by atomic mass is 16.5. The fourth-order valence-electron chi connectivity index (χ4n) is 3.37. The first-order valence-corrected chi connectivity index (χ1v) is 8.16. The van der Waals surface area contributed by atoms with Gasteiger partial charge >= 0.3 is 0 Å². The van der Waals surface area contributed by atoms with Crippen molar-refractivity contribution in [3.63, 3.8) is 0 Å². The van der Waals surface area contributed by atoms with Crippen molar-refractivity contribution in [1.29, 1.82) is 0 Å². The third-order valence-electron chi connectivity index (χ3n) is 5.09. The average Bonchev–Trinajstić information content (AvgIpc) is 2.52. The van der Waals surface area contributed by atoms with E-state index in [0.29, 0.717) is 12.1 Å². The molecule has 118 valence electrons. The van der Waals surface area contributed by atoms with E-state index in [1.807, 2.05) is 18.2 Å². The molecule has 1 aromatic rings. The number of ether oxygens (including phenoxy) is 1. The normalized spacial score (nSPS) is 29.9. The quantitative estimate of drug-likeness (QED) is 0.774. The van der Waals surface area contributed by atoms with Crippen LogP contribution in [-0.4, -0.2) is 36.5 Å². The molecule has 1 aromatic carbocycles. The molecular weight excluding hydrogens is 262 g/mol. The Kier molecular flexibility index (Phi) is 5.80. The molecule has 4 unspecified atom stereocenters. The second kappa shape index (κ2) is 7.39. The lowest BCUT2D eigenvalue weighted by atomic mass is 9.61. The van der Waals surface area contributed by atoms with Crippen molar-refractivity contribution >= 4 is 0 Å². The van der Waals surface area contributed by atoms with Crippen LogP contribution in [0, 0.1) is 5.41 Å². The lowest BCUT2D eigenvalue weighted by molar-refractivity contribution is -0.129. The fraction of sp³-hybridized carbons (Fsp3) is 0.667. The highest BCUT2D eigenvalue weighted by Gasteiger charge is 2.51. The van der Waals surface area contributed by atoms with Gasteiger partial charge in [-0.25, -0.2) is 0 Å². The summed E-state index contributed by atoms with van der Waals surface area (Å²) in [6, 6.07) is 10.9. The Morgan fingerprint density at radius 1 is 1.33 bits per heavy atom. The van der Waals surface area contributed by atoms with Gasteiger partial charge in [-0.15, -0.1) is 0 Å². The second-order valence-corrected chi connectivity index (χ2v) is 6.33. The largest absolute Gasteiger partial charge is 0.395 e. The maximum atomic E-state index is 9.67. The van der Waals surface area contributed by atoms with Crippen LogP contribution in [0.5, 0.6) is 0 Å². The summed E-state index contributed by atoms with van der Waals surface area (Å²) in [6.45, 7) is 7.53. The molecule has 0 saturated heterocycles. The van der Waals surface area contributed by atoms with E-state index >= 15 is 0 Å². The Morgan fingerprint density at radius 2 is 2.05 bits per heavy atom. The van der Waals surface area contributed by atoms with Crippen LogP contribution in [0.1, 0.15) is 39.2 Å². The van der Waals surface area contributed by atoms with Crippen molar-refractivity contribution in [3.8, 4) is 0 Å². The molecule has 0 spiro atoms. The van der Waals surface area contributed by atoms with Crippen LogP contribution in [0.3, 0.4) is 0 Å². The monoisotopic (exact) mass is 291 g/mol. The van der Waals surface area contributed by atoms with Gasteiger partial charge in [0.2, 0.25) is 0 Å². The minimum atomic E-state index is 0.117. The Bertz CT molecular complexity index is 422. The van der Waals surface area contributed by atoms with Gasteiger partial charge in [-0.2, -0.15) is 0 Å². The van der Waals surface area contributed by atoms with Gasteiger partial charge in [0.05, 0.1) is 12.7 Å². The summed E-state index contributed by atoms with van der Waals surface area (Å²) >= 11 is 0. The van der Waals surface area contributed by atoms with E-state index in [2.05, 4.69) is 38.2 Å². The molecular formula is C18H29NO2. The molecule has 3 heteroatoms. The Balaban J connectivity index is 1.93. The molecule has 2 rings (SSSR count). The second-order valence-electron chi connectivity index (χ2n) is 6.33. The molecule has 2 N–H and O–H groups in total. The summed E-state index contributed by atoms with van der Waals surface area (Å²) in [6.07, 6.45) is 3.36. The van der Waals surface area contributed by atoms with Crippen LogP contribution in [0.4, 0.5) is 0 Å². The number of benzene rings is 1. The maximum absolute atomic E-state index is 9.67. The third kappa shape index (κ3) is 3.65. The SMILES string of the molecule is CCOC1CC(NC(CO)Cc2ccccc2)C1(C)CC. The maximum Gasteiger partial charge on any atom is 0.0658 e. The topological polar surface area (TPSA) is 41.5 Å². The van der Waals surface area contributed by atoms with Gasteiger partial charge < -0.3 is 15.2 Å². The number of hydrogen-bond acceptors (Lipinski definition) is 3. The molecule has 21 heavy (non-hydrogen) atoms. The van der Waals surface area contributed by atoms with Crippen LogP contribution < -0.4 is 5.32 Å². The smallest absolute Gasteiger partial charge is 0.0658 e. The van der Waals surface area contributed by atoms with E-state index in [9.17, 15) is 5.11 Å². The van der Waals surface area contributed by atoms with Gasteiger partial charge in [0.25, 0.3) is 0 Å². The zero-order valence-corrected chi connectivity index (χ0v) is 13.5. The number of aliphatic hydroxyl groups excluding tert-OH is 1. The van der Waals surface area contributed by atoms with Crippen LogP contribution in [0.25, 0.3) is 0 Å². The summed E-state index contributed by atoms with van der Waals surface area (Å²) in [5.41, 5.74) is 1.45. The van der Waals surface area contributed by atoms with Crippen LogP contribution >= 0.6 is 0 Å². The standard InChI is InChI=1S/C18H29NO2/c1-4-18(3)16(12-17(18)21-5-2)19-15(13-20)11-14-9-7-6-8-10-14/h6-10,15-17,19-20H,4-5,11-13H2,1-3H3. The summed E-state index contributed by atoms with van der Waals surface area (Å²) in [5.74, 6) is 0. The lowest BCUT2D eigenvalue weighted by Gasteiger charge is -2.54. The number of aliphatic hydroxyl groups is 1. The fourth-order valence-corrected chi connectivity index (χ4v) is 3.37. The van der Waals surface area contributed by atoms with E-state index in [4.69, 9.17) is 4.74 Å². The van der Waals surface area contributed by atoms with E-state index in [1.54, 1.807) is 0 Å². The first-order valence-electron chi connectivity index (χ1n) is 8.16. The molecule has 0 aromatic heterocycles. The minimum Gasteiger partial charge on any atom is -0.395 e. The molecule has 1 aliphatic rings. The number of hydrogen-bond donors (Lipinski definition) is 2. The molecule has 1 aliphatic carbocycles. The number of rotatable bonds is 8. The van der Waals surface area contributed by atoms with Crippen molar-refractivity contribution in [3.05, 3.63) is 35.9 Å². The summed E-state index contributed by atoms with van der Waals surface area (Å²) in [7, 11) is 0. The predicted octanol–water partition coefficient (Wildman–Crippen LogP) is 2.77. The van der Waals surface area contributed by atoms with Gasteiger partial charge in [-0.05, 0) is 31.7 Å². The highest BCUT2D eigenvalue weighted by molar-refractivity contribution is 5.16. The Labute approximate surface area is 128 Å². The van der Waals surface area contributed by atoms with Crippen molar-refractivity contribution in [2.45, 2.75) is 58.2 Å². The van der Waals surface area contributed by atoms with Gasteiger partial charge in [-0.1, -0.05) is 44.2 Å². The Hall–Kier alpha value is -0.900. The van der Waals surface area contributed by atoms with E-state index in [-0.39, 0.29) is 18.1 Å². The molecule has 0 heterocycles. The summed E-state index contributed by atoms with van der Waals surface area (Å²) < 4.78 is 5.85. The molecule has 1 saturated carbocycles. The molecule has 4 atom stereocenters. The highest BCUT2D eigenvalue weighted by Crippen LogP contribution is 2.46. The van der Waals surface area contributed by atoms with E-state index in [1.165, 1.54) is 5.56 Å². The van der Waals surface area contributed by atoms with Gasteiger partial charge in [0, 0.05) is 24.1 Å². The summed E-state index contributed by atoms with van der Waals surface area (Å²) in [4.78, 5) is 0. The van der Waals surface area contributed by atoms with Crippen molar-refractivity contribution in [2.75, 3.05) is 13.2 Å². The van der Waals surface area contributed by atoms with Crippen molar-refractivity contribution in [1.82, 2.24) is 5.32 Å². The predicted molar refractivity (Wildman–Crippen MR) is 86.4 cm³/mol. The van der Waals surface area contributed by atoms with E-state index < -0.39 is 0 Å². The average molecular weight is 291 g/mol. The first kappa shape index (κ1) is 16.5. The van der Waals surface area contributed by atoms with Crippen LogP contribution in [0.2, 0.25) is 0 Å². The molecule has 0 amide bonds. The third-order valence-corrected chi connectivity index (χ3v) is 5.09. The van der Waals surface area contributed by atoms with Crippen LogP contribution in [0.15, 0.2) is 30.3 Å². The van der Waals surface area contributed by atoms with Crippen molar-refractivity contribution in [2.24, 2.45) is 5.41 Å². The molecule has 1 fully saturated rings. The molecule has 0 aliphatic heterocycles. The zero-order chi connectivity index (χ0) is 15.3. The molecule has 0 radical (unpaired) electrons. The Morgan fingerprint density at radius 3 is 2.62 bits per heavy atom. The minimum absolute atomic E-state index is 0.117. The van der Waals surface area contributed by atoms with Gasteiger partial charge in [-0.3, -0.25) is 0 Å². The molecule has 3 nitrogen and oxygen atoms in total. The first-order chi connectivity index (χ1) is 10.1. The zero-order valence-electron chi connectivity index (χ0n) is 13.5. The van der Waals surface area contributed by atoms with Gasteiger partial charge in [0.15, 0.2) is 0 Å². The number of nitrogens with one attached hydrogen (secondary N) is 1. The van der Waals surface area contributed by atoms with E-state index in [0.717, 1.165) is 25.9 Å². The van der Waals surface area contributed by atoms with Crippen LogP contribution in [-0.2, 0) is 11.2 Å². The molecule has 0 bridgehead atoms. The van der Waals surface area contributed by atoms with Crippen molar-refractivity contribution < 1.29 is 9.84 Å².